The zero-order chi connectivity index (χ0) is 15.3. The molecule has 0 amide bonds. The average molecular weight is 279 g/mol. The first-order valence-electron chi connectivity index (χ1n) is 6.83. The van der Waals surface area contributed by atoms with Crippen molar-refractivity contribution in [2.24, 2.45) is 11.1 Å². The molecule has 4 heteroatoms. The van der Waals surface area contributed by atoms with Gasteiger partial charge < -0.3 is 15.2 Å². The van der Waals surface area contributed by atoms with Crippen LogP contribution in [-0.4, -0.2) is 25.7 Å². The maximum atomic E-state index is 11.7. The second kappa shape index (κ2) is 6.75. The van der Waals surface area contributed by atoms with Crippen LogP contribution in [0.5, 0.6) is 5.75 Å². The standard InChI is InChI=1S/C16H25NO3/c1-11-7-6-8-13(9-12(2)17)14(11)20-10-16(3,4)15(18)19-5/h6-8,12H,9-10,17H2,1-5H3. The number of para-hydroxylation sites is 1. The minimum Gasteiger partial charge on any atom is -0.492 e. The van der Waals surface area contributed by atoms with E-state index in [9.17, 15) is 4.79 Å². The highest BCUT2D eigenvalue weighted by molar-refractivity contribution is 5.75. The number of benzene rings is 1. The largest absolute Gasteiger partial charge is 0.492 e. The van der Waals surface area contributed by atoms with Gasteiger partial charge in [-0.1, -0.05) is 18.2 Å². The van der Waals surface area contributed by atoms with Crippen LogP contribution in [0.2, 0.25) is 0 Å². The quantitative estimate of drug-likeness (QED) is 0.813. The van der Waals surface area contributed by atoms with Crippen LogP contribution in [0.15, 0.2) is 18.2 Å². The summed E-state index contributed by atoms with van der Waals surface area (Å²) in [4.78, 5) is 11.7. The first-order valence-corrected chi connectivity index (χ1v) is 6.83. The zero-order valence-electron chi connectivity index (χ0n) is 13.0. The molecule has 0 aromatic heterocycles. The highest BCUT2D eigenvalue weighted by Crippen LogP contribution is 2.27. The first kappa shape index (κ1) is 16.5. The van der Waals surface area contributed by atoms with Crippen molar-refractivity contribution in [1.29, 1.82) is 0 Å². The molecule has 20 heavy (non-hydrogen) atoms. The molecule has 1 aromatic rings. The van der Waals surface area contributed by atoms with Crippen molar-refractivity contribution < 1.29 is 14.3 Å². The molecule has 2 N–H and O–H groups in total. The predicted octanol–water partition coefficient (Wildman–Crippen LogP) is 2.46. The van der Waals surface area contributed by atoms with E-state index in [1.807, 2.05) is 45.9 Å². The summed E-state index contributed by atoms with van der Waals surface area (Å²) in [5.41, 5.74) is 7.30. The fourth-order valence-electron chi connectivity index (χ4n) is 2.02. The molecule has 0 heterocycles. The molecular weight excluding hydrogens is 254 g/mol. The van der Waals surface area contributed by atoms with Gasteiger partial charge >= 0.3 is 5.97 Å². The molecule has 4 nitrogen and oxygen atoms in total. The van der Waals surface area contributed by atoms with E-state index < -0.39 is 5.41 Å². The third-order valence-corrected chi connectivity index (χ3v) is 3.15. The molecule has 0 radical (unpaired) electrons. The molecule has 0 fully saturated rings. The Labute approximate surface area is 121 Å². The van der Waals surface area contributed by atoms with Crippen LogP contribution >= 0.6 is 0 Å². The second-order valence-electron chi connectivity index (χ2n) is 5.91. The minimum atomic E-state index is -0.678. The molecule has 0 bridgehead atoms. The van der Waals surface area contributed by atoms with E-state index in [-0.39, 0.29) is 18.6 Å². The van der Waals surface area contributed by atoms with Crippen molar-refractivity contribution in [2.45, 2.75) is 40.2 Å². The predicted molar refractivity (Wildman–Crippen MR) is 79.8 cm³/mol. The number of hydrogen-bond acceptors (Lipinski definition) is 4. The lowest BCUT2D eigenvalue weighted by Gasteiger charge is -2.23. The highest BCUT2D eigenvalue weighted by atomic mass is 16.5. The van der Waals surface area contributed by atoms with Crippen LogP contribution < -0.4 is 10.5 Å². The zero-order valence-corrected chi connectivity index (χ0v) is 13.0. The molecular formula is C16H25NO3. The number of rotatable bonds is 6. The average Bonchev–Trinajstić information content (AvgIpc) is 2.36. The number of methoxy groups -OCH3 is 1. The Hall–Kier alpha value is -1.55. The Morgan fingerprint density at radius 1 is 1.40 bits per heavy atom. The topological polar surface area (TPSA) is 61.5 Å². The summed E-state index contributed by atoms with van der Waals surface area (Å²) >= 11 is 0. The summed E-state index contributed by atoms with van der Waals surface area (Å²) in [7, 11) is 1.39. The number of nitrogens with two attached hydrogens (primary N) is 1. The van der Waals surface area contributed by atoms with Gasteiger partial charge in [0, 0.05) is 6.04 Å². The fourth-order valence-corrected chi connectivity index (χ4v) is 2.02. The van der Waals surface area contributed by atoms with Gasteiger partial charge in [0.05, 0.1) is 12.5 Å². The molecule has 0 saturated carbocycles. The Morgan fingerprint density at radius 2 is 2.05 bits per heavy atom. The van der Waals surface area contributed by atoms with Crippen molar-refractivity contribution in [1.82, 2.24) is 0 Å². The van der Waals surface area contributed by atoms with Crippen LogP contribution in [0.4, 0.5) is 0 Å². The molecule has 0 aliphatic rings. The highest BCUT2D eigenvalue weighted by Gasteiger charge is 2.30. The van der Waals surface area contributed by atoms with Gasteiger partial charge in [-0.15, -0.1) is 0 Å². The Kier molecular flexibility index (Phi) is 5.57. The summed E-state index contributed by atoms with van der Waals surface area (Å²) in [6.07, 6.45) is 0.746. The van der Waals surface area contributed by atoms with Gasteiger partial charge in [0.2, 0.25) is 0 Å². The summed E-state index contributed by atoms with van der Waals surface area (Å²) in [5, 5.41) is 0. The number of carbonyl (C=O) groups is 1. The van der Waals surface area contributed by atoms with Crippen LogP contribution in [0.25, 0.3) is 0 Å². The molecule has 1 aromatic carbocycles. The van der Waals surface area contributed by atoms with Crippen molar-refractivity contribution in [2.75, 3.05) is 13.7 Å². The lowest BCUT2D eigenvalue weighted by Crippen LogP contribution is -2.32. The van der Waals surface area contributed by atoms with E-state index in [0.29, 0.717) is 0 Å². The van der Waals surface area contributed by atoms with Crippen LogP contribution in [0, 0.1) is 12.3 Å². The van der Waals surface area contributed by atoms with Crippen molar-refractivity contribution in [3.8, 4) is 5.75 Å². The van der Waals surface area contributed by atoms with Gasteiger partial charge in [0.25, 0.3) is 0 Å². The summed E-state index contributed by atoms with van der Waals surface area (Å²) < 4.78 is 10.7. The molecule has 0 saturated heterocycles. The third kappa shape index (κ3) is 4.23. The third-order valence-electron chi connectivity index (χ3n) is 3.15. The van der Waals surface area contributed by atoms with Crippen molar-refractivity contribution in [3.05, 3.63) is 29.3 Å². The minimum absolute atomic E-state index is 0.0627. The van der Waals surface area contributed by atoms with Crippen LogP contribution in [-0.2, 0) is 16.0 Å². The molecule has 112 valence electrons. The monoisotopic (exact) mass is 279 g/mol. The maximum absolute atomic E-state index is 11.7. The molecule has 0 spiro atoms. The molecule has 1 unspecified atom stereocenters. The molecule has 0 aliphatic carbocycles. The van der Waals surface area contributed by atoms with Crippen molar-refractivity contribution >= 4 is 5.97 Å². The van der Waals surface area contributed by atoms with E-state index in [4.69, 9.17) is 15.2 Å². The van der Waals surface area contributed by atoms with Crippen molar-refractivity contribution in [3.63, 3.8) is 0 Å². The van der Waals surface area contributed by atoms with Gasteiger partial charge in [0.1, 0.15) is 12.4 Å². The Morgan fingerprint density at radius 3 is 2.60 bits per heavy atom. The number of hydrogen-bond donors (Lipinski definition) is 1. The number of esters is 1. The smallest absolute Gasteiger partial charge is 0.314 e. The summed E-state index contributed by atoms with van der Waals surface area (Å²) in [5.74, 6) is 0.543. The number of carbonyl (C=O) groups excluding carboxylic acids is 1. The van der Waals surface area contributed by atoms with Gasteiger partial charge in [-0.05, 0) is 45.2 Å². The van der Waals surface area contributed by atoms with E-state index in [2.05, 4.69) is 0 Å². The normalized spacial score (nSPS) is 12.9. The van der Waals surface area contributed by atoms with E-state index in [0.717, 1.165) is 23.3 Å². The molecule has 1 rings (SSSR count). The maximum Gasteiger partial charge on any atom is 0.314 e. The lowest BCUT2D eigenvalue weighted by molar-refractivity contribution is -0.152. The van der Waals surface area contributed by atoms with E-state index in [1.54, 1.807) is 0 Å². The second-order valence-corrected chi connectivity index (χ2v) is 5.91. The number of aryl methyl sites for hydroxylation is 1. The van der Waals surface area contributed by atoms with Gasteiger partial charge in [-0.2, -0.15) is 0 Å². The van der Waals surface area contributed by atoms with E-state index in [1.165, 1.54) is 7.11 Å². The van der Waals surface area contributed by atoms with E-state index >= 15 is 0 Å². The van der Waals surface area contributed by atoms with Gasteiger partial charge in [0.15, 0.2) is 0 Å². The SMILES string of the molecule is COC(=O)C(C)(C)COc1c(C)cccc1CC(C)N. The number of ether oxygens (including phenoxy) is 2. The van der Waals surface area contributed by atoms with Crippen LogP contribution in [0.3, 0.4) is 0 Å². The molecule has 0 aliphatic heterocycles. The molecule has 1 atom stereocenters. The summed E-state index contributed by atoms with van der Waals surface area (Å²) in [6, 6.07) is 6.06. The first-order chi connectivity index (χ1) is 9.27. The Bertz CT molecular complexity index is 467. The van der Waals surface area contributed by atoms with Gasteiger partial charge in [-0.25, -0.2) is 0 Å². The van der Waals surface area contributed by atoms with Gasteiger partial charge in [-0.3, -0.25) is 4.79 Å². The summed E-state index contributed by atoms with van der Waals surface area (Å²) in [6.45, 7) is 7.84. The fraction of sp³-hybridized carbons (Fsp3) is 0.562. The van der Waals surface area contributed by atoms with Crippen LogP contribution in [0.1, 0.15) is 31.9 Å². The lowest BCUT2D eigenvalue weighted by atomic mass is 9.95. The Balaban J connectivity index is 2.89.